The minimum Gasteiger partial charge on any atom is -0.341 e. The minimum absolute atomic E-state index is 0.978. The summed E-state index contributed by atoms with van der Waals surface area (Å²) in [6.45, 7) is 2.16. The standard InChI is InChI=1S/C15H17N5S/c1-2-6-11-10(5-1)12-13-16-9-17-20(13)15(18-14(12)21-11)19-7-3-4-8-19/h9H,1-8H2. The van der Waals surface area contributed by atoms with Crippen LogP contribution in [-0.4, -0.2) is 32.7 Å². The Hall–Kier alpha value is -1.69. The van der Waals surface area contributed by atoms with Gasteiger partial charge in [-0.15, -0.1) is 11.3 Å². The van der Waals surface area contributed by atoms with E-state index in [-0.39, 0.29) is 0 Å². The van der Waals surface area contributed by atoms with E-state index in [1.165, 1.54) is 54.4 Å². The average molecular weight is 299 g/mol. The summed E-state index contributed by atoms with van der Waals surface area (Å²) in [6, 6.07) is 0. The number of hydrogen-bond donors (Lipinski definition) is 0. The van der Waals surface area contributed by atoms with Gasteiger partial charge in [-0.25, -0.2) is 9.97 Å². The maximum absolute atomic E-state index is 4.97. The van der Waals surface area contributed by atoms with Crippen LogP contribution in [0.2, 0.25) is 0 Å². The van der Waals surface area contributed by atoms with Crippen molar-refractivity contribution in [2.45, 2.75) is 38.5 Å². The molecule has 0 radical (unpaired) electrons. The van der Waals surface area contributed by atoms with Gasteiger partial charge in [-0.05, 0) is 44.1 Å². The van der Waals surface area contributed by atoms with Gasteiger partial charge in [0.1, 0.15) is 11.2 Å². The van der Waals surface area contributed by atoms with Crippen LogP contribution in [0.3, 0.4) is 0 Å². The van der Waals surface area contributed by atoms with Gasteiger partial charge in [-0.1, -0.05) is 0 Å². The summed E-state index contributed by atoms with van der Waals surface area (Å²) in [5.41, 5.74) is 2.49. The van der Waals surface area contributed by atoms with Crippen molar-refractivity contribution < 1.29 is 0 Å². The van der Waals surface area contributed by atoms with E-state index in [2.05, 4.69) is 15.0 Å². The van der Waals surface area contributed by atoms with Crippen molar-refractivity contribution in [3.05, 3.63) is 16.8 Å². The highest BCUT2D eigenvalue weighted by Gasteiger charge is 2.24. The van der Waals surface area contributed by atoms with Crippen molar-refractivity contribution in [2.24, 2.45) is 0 Å². The molecule has 0 aromatic carbocycles. The summed E-state index contributed by atoms with van der Waals surface area (Å²) in [7, 11) is 0. The zero-order valence-electron chi connectivity index (χ0n) is 11.9. The van der Waals surface area contributed by atoms with Gasteiger partial charge in [0.25, 0.3) is 0 Å². The quantitative estimate of drug-likeness (QED) is 0.693. The number of aryl methyl sites for hydroxylation is 2. The van der Waals surface area contributed by atoms with Gasteiger partial charge >= 0.3 is 0 Å². The number of fused-ring (bicyclic) bond motifs is 5. The summed E-state index contributed by atoms with van der Waals surface area (Å²) in [6.07, 6.45) is 9.13. The zero-order valence-corrected chi connectivity index (χ0v) is 12.7. The first-order chi connectivity index (χ1) is 10.4. The third kappa shape index (κ3) is 1.65. The van der Waals surface area contributed by atoms with Crippen LogP contribution in [0, 0.1) is 0 Å². The molecule has 1 fully saturated rings. The molecular weight excluding hydrogens is 282 g/mol. The SMILES string of the molecule is c1nc2c3c4c(sc3nc(N3CCCC3)n2n1)CCCC4. The van der Waals surface area contributed by atoms with Gasteiger partial charge in [-0.3, -0.25) is 0 Å². The molecule has 1 aliphatic carbocycles. The molecule has 0 unspecified atom stereocenters. The van der Waals surface area contributed by atoms with Crippen LogP contribution >= 0.6 is 11.3 Å². The second-order valence-electron chi connectivity index (χ2n) is 5.99. The van der Waals surface area contributed by atoms with Gasteiger partial charge in [0, 0.05) is 18.0 Å². The third-order valence-corrected chi connectivity index (χ3v) is 5.89. The normalized spacial score (nSPS) is 18.8. The Morgan fingerprint density at radius 2 is 1.90 bits per heavy atom. The Morgan fingerprint density at radius 3 is 2.81 bits per heavy atom. The van der Waals surface area contributed by atoms with Crippen molar-refractivity contribution in [2.75, 3.05) is 18.0 Å². The molecule has 4 heterocycles. The highest BCUT2D eigenvalue weighted by Crippen LogP contribution is 2.38. The fourth-order valence-electron chi connectivity index (χ4n) is 3.68. The third-order valence-electron chi connectivity index (χ3n) is 4.70. The summed E-state index contributed by atoms with van der Waals surface area (Å²) in [4.78, 5) is 14.5. The molecule has 0 atom stereocenters. The lowest BCUT2D eigenvalue weighted by Crippen LogP contribution is -2.22. The number of anilines is 1. The molecule has 0 amide bonds. The smallest absolute Gasteiger partial charge is 0.229 e. The van der Waals surface area contributed by atoms with Crippen molar-refractivity contribution >= 4 is 33.1 Å². The molecule has 108 valence electrons. The van der Waals surface area contributed by atoms with Crippen molar-refractivity contribution in [1.29, 1.82) is 0 Å². The molecule has 0 N–H and O–H groups in total. The molecule has 21 heavy (non-hydrogen) atoms. The lowest BCUT2D eigenvalue weighted by atomic mass is 9.97. The molecule has 3 aromatic heterocycles. The summed E-state index contributed by atoms with van der Waals surface area (Å²) in [5.74, 6) is 0.978. The Balaban J connectivity index is 1.84. The second-order valence-corrected chi connectivity index (χ2v) is 7.08. The highest BCUT2D eigenvalue weighted by atomic mass is 32.1. The van der Waals surface area contributed by atoms with Crippen LogP contribution in [0.15, 0.2) is 6.33 Å². The first kappa shape index (κ1) is 11.9. The van der Waals surface area contributed by atoms with Crippen LogP contribution in [0.25, 0.3) is 15.9 Å². The monoisotopic (exact) mass is 299 g/mol. The van der Waals surface area contributed by atoms with Crippen LogP contribution in [-0.2, 0) is 12.8 Å². The van der Waals surface area contributed by atoms with Crippen LogP contribution < -0.4 is 4.90 Å². The molecule has 5 nitrogen and oxygen atoms in total. The van der Waals surface area contributed by atoms with Crippen LogP contribution in [0.4, 0.5) is 5.95 Å². The first-order valence-corrected chi connectivity index (χ1v) is 8.62. The predicted octanol–water partition coefficient (Wildman–Crippen LogP) is 2.82. The summed E-state index contributed by atoms with van der Waals surface area (Å²) >= 11 is 1.87. The molecule has 0 saturated carbocycles. The number of aromatic nitrogens is 4. The molecule has 0 bridgehead atoms. The van der Waals surface area contributed by atoms with Crippen molar-refractivity contribution in [3.63, 3.8) is 0 Å². The maximum Gasteiger partial charge on any atom is 0.229 e. The summed E-state index contributed by atoms with van der Waals surface area (Å²) < 4.78 is 1.95. The van der Waals surface area contributed by atoms with Gasteiger partial charge < -0.3 is 4.90 Å². The van der Waals surface area contributed by atoms with E-state index < -0.39 is 0 Å². The topological polar surface area (TPSA) is 46.3 Å². The van der Waals surface area contributed by atoms with E-state index in [1.54, 1.807) is 6.33 Å². The highest BCUT2D eigenvalue weighted by molar-refractivity contribution is 7.19. The molecule has 1 saturated heterocycles. The predicted molar refractivity (Wildman–Crippen MR) is 84.3 cm³/mol. The molecule has 3 aromatic rings. The van der Waals surface area contributed by atoms with Gasteiger partial charge in [0.15, 0.2) is 5.65 Å². The molecule has 2 aliphatic rings. The molecule has 0 spiro atoms. The summed E-state index contributed by atoms with van der Waals surface area (Å²) in [5, 5.41) is 5.71. The van der Waals surface area contributed by atoms with Crippen molar-refractivity contribution in [1.82, 2.24) is 19.6 Å². The molecule has 1 aliphatic heterocycles. The fraction of sp³-hybridized carbons (Fsp3) is 0.533. The van der Waals surface area contributed by atoms with E-state index in [0.29, 0.717) is 0 Å². The van der Waals surface area contributed by atoms with Gasteiger partial charge in [-0.2, -0.15) is 9.61 Å². The Labute approximate surface area is 126 Å². The van der Waals surface area contributed by atoms with E-state index in [0.717, 1.165) is 29.5 Å². The average Bonchev–Trinajstić information content (AvgIpc) is 3.24. The zero-order chi connectivity index (χ0) is 13.8. The largest absolute Gasteiger partial charge is 0.341 e. The van der Waals surface area contributed by atoms with Crippen LogP contribution in [0.1, 0.15) is 36.1 Å². The van der Waals surface area contributed by atoms with Gasteiger partial charge in [0.2, 0.25) is 5.95 Å². The lowest BCUT2D eigenvalue weighted by Gasteiger charge is -2.17. The first-order valence-electron chi connectivity index (χ1n) is 7.81. The Bertz CT molecular complexity index is 827. The van der Waals surface area contributed by atoms with E-state index in [4.69, 9.17) is 4.98 Å². The van der Waals surface area contributed by atoms with Crippen molar-refractivity contribution in [3.8, 4) is 0 Å². The number of thiophene rings is 1. The second kappa shape index (κ2) is 4.40. The number of rotatable bonds is 1. The fourth-order valence-corrected chi connectivity index (χ4v) is 4.93. The van der Waals surface area contributed by atoms with Crippen LogP contribution in [0.5, 0.6) is 0 Å². The molecule has 6 heteroatoms. The minimum atomic E-state index is 0.978. The molecule has 5 rings (SSSR count). The van der Waals surface area contributed by atoms with Gasteiger partial charge in [0.05, 0.1) is 5.39 Å². The number of hydrogen-bond acceptors (Lipinski definition) is 5. The van der Waals surface area contributed by atoms with E-state index in [1.807, 2.05) is 15.9 Å². The van der Waals surface area contributed by atoms with E-state index >= 15 is 0 Å². The Morgan fingerprint density at radius 1 is 1.05 bits per heavy atom. The lowest BCUT2D eigenvalue weighted by molar-refractivity contribution is 0.700. The maximum atomic E-state index is 4.97. The Kier molecular flexibility index (Phi) is 2.50. The number of nitrogens with zero attached hydrogens (tertiary/aromatic N) is 5. The molecular formula is C15H17N5S. The van der Waals surface area contributed by atoms with E-state index in [9.17, 15) is 0 Å².